The van der Waals surface area contributed by atoms with Gasteiger partial charge in [0, 0.05) is 13.2 Å². The van der Waals surface area contributed by atoms with E-state index in [2.05, 4.69) is 4.72 Å². The molecule has 0 aromatic heterocycles. The molecule has 0 saturated heterocycles. The zero-order chi connectivity index (χ0) is 22.7. The second-order valence-electron chi connectivity index (χ2n) is 7.09. The lowest BCUT2D eigenvalue weighted by molar-refractivity contribution is 0.106. The second-order valence-corrected chi connectivity index (χ2v) is 8.86. The highest BCUT2D eigenvalue weighted by Crippen LogP contribution is 2.17. The Morgan fingerprint density at radius 1 is 0.750 bits per heavy atom. The van der Waals surface area contributed by atoms with E-state index in [4.69, 9.17) is 14.2 Å². The summed E-state index contributed by atoms with van der Waals surface area (Å²) >= 11 is 0. The van der Waals surface area contributed by atoms with E-state index in [-0.39, 0.29) is 11.4 Å². The van der Waals surface area contributed by atoms with Crippen LogP contribution < -0.4 is 9.46 Å². The van der Waals surface area contributed by atoms with Crippen molar-refractivity contribution >= 4 is 10.0 Å². The average Bonchev–Trinajstić information content (AvgIpc) is 2.82. The van der Waals surface area contributed by atoms with Gasteiger partial charge in [0.15, 0.2) is 0 Å². The van der Waals surface area contributed by atoms with Crippen LogP contribution in [0.1, 0.15) is 23.6 Å². The maximum absolute atomic E-state index is 12.7. The van der Waals surface area contributed by atoms with Crippen LogP contribution in [-0.2, 0) is 39.3 Å². The molecule has 0 heterocycles. The highest BCUT2D eigenvalue weighted by molar-refractivity contribution is 7.89. The van der Waals surface area contributed by atoms with E-state index in [1.165, 1.54) is 12.1 Å². The monoisotopic (exact) mass is 455 g/mol. The maximum atomic E-state index is 12.7. The summed E-state index contributed by atoms with van der Waals surface area (Å²) in [4.78, 5) is 0.187. The van der Waals surface area contributed by atoms with Crippen LogP contribution in [0.2, 0.25) is 0 Å². The van der Waals surface area contributed by atoms with Gasteiger partial charge in [-0.2, -0.15) is 0 Å². The highest BCUT2D eigenvalue weighted by atomic mass is 32.2. The molecule has 3 aromatic rings. The van der Waals surface area contributed by atoms with Crippen molar-refractivity contribution in [2.75, 3.05) is 19.8 Å². The lowest BCUT2D eigenvalue weighted by Crippen LogP contribution is -2.23. The molecule has 0 aliphatic heterocycles. The molecule has 1 N–H and O–H groups in total. The fourth-order valence-electron chi connectivity index (χ4n) is 3.06. The second kappa shape index (κ2) is 12.4. The number of hydrogen-bond acceptors (Lipinski definition) is 5. The minimum Gasteiger partial charge on any atom is -0.491 e. The molecule has 0 aliphatic rings. The van der Waals surface area contributed by atoms with Gasteiger partial charge in [-0.25, -0.2) is 13.1 Å². The van der Waals surface area contributed by atoms with E-state index in [0.717, 1.165) is 16.7 Å². The summed E-state index contributed by atoms with van der Waals surface area (Å²) in [6.45, 7) is 4.55. The van der Waals surface area contributed by atoms with E-state index < -0.39 is 10.0 Å². The van der Waals surface area contributed by atoms with Gasteiger partial charge < -0.3 is 14.2 Å². The Balaban J connectivity index is 1.55. The molecular formula is C25H29NO5S. The van der Waals surface area contributed by atoms with Crippen LogP contribution >= 0.6 is 0 Å². The first kappa shape index (κ1) is 23.9. The van der Waals surface area contributed by atoms with Crippen molar-refractivity contribution < 1.29 is 22.6 Å². The van der Waals surface area contributed by atoms with E-state index in [1.807, 2.05) is 61.5 Å². The van der Waals surface area contributed by atoms with Gasteiger partial charge in [0.25, 0.3) is 0 Å². The van der Waals surface area contributed by atoms with Crippen LogP contribution in [0.5, 0.6) is 5.75 Å². The zero-order valence-corrected chi connectivity index (χ0v) is 19.0. The normalized spacial score (nSPS) is 11.4. The summed E-state index contributed by atoms with van der Waals surface area (Å²) in [5, 5.41) is 0. The number of rotatable bonds is 13. The lowest BCUT2D eigenvalue weighted by Gasteiger charge is -2.12. The molecule has 7 heteroatoms. The largest absolute Gasteiger partial charge is 0.491 e. The van der Waals surface area contributed by atoms with Crippen molar-refractivity contribution in [3.05, 3.63) is 95.6 Å². The summed E-state index contributed by atoms with van der Waals surface area (Å²) in [6, 6.07) is 23.9. The third-order valence-electron chi connectivity index (χ3n) is 4.77. The molecule has 0 spiro atoms. The fourth-order valence-corrected chi connectivity index (χ4v) is 4.06. The minimum absolute atomic E-state index is 0.180. The molecule has 0 fully saturated rings. The molecule has 0 saturated carbocycles. The number of benzene rings is 3. The molecule has 0 atom stereocenters. The molecule has 0 radical (unpaired) electrons. The summed E-state index contributed by atoms with van der Waals surface area (Å²) in [7, 11) is -3.66. The van der Waals surface area contributed by atoms with Crippen molar-refractivity contribution in [1.29, 1.82) is 0 Å². The summed E-state index contributed by atoms with van der Waals surface area (Å²) < 4.78 is 44.7. The van der Waals surface area contributed by atoms with Crippen molar-refractivity contribution in [1.82, 2.24) is 4.72 Å². The van der Waals surface area contributed by atoms with Crippen molar-refractivity contribution in [2.45, 2.75) is 31.6 Å². The number of hydrogen-bond donors (Lipinski definition) is 1. The van der Waals surface area contributed by atoms with Crippen LogP contribution in [0.25, 0.3) is 0 Å². The average molecular weight is 456 g/mol. The SMILES string of the molecule is CCOCCOc1ccc(S(=O)(=O)NCc2ccccc2COCc2ccccc2)cc1. The maximum Gasteiger partial charge on any atom is 0.240 e. The van der Waals surface area contributed by atoms with Crippen molar-refractivity contribution in [3.63, 3.8) is 0 Å². The van der Waals surface area contributed by atoms with Gasteiger partial charge in [0.2, 0.25) is 10.0 Å². The highest BCUT2D eigenvalue weighted by Gasteiger charge is 2.15. The molecule has 6 nitrogen and oxygen atoms in total. The Labute approximate surface area is 190 Å². The van der Waals surface area contributed by atoms with Crippen LogP contribution in [0.4, 0.5) is 0 Å². The van der Waals surface area contributed by atoms with Crippen LogP contribution in [0.3, 0.4) is 0 Å². The Morgan fingerprint density at radius 2 is 1.44 bits per heavy atom. The van der Waals surface area contributed by atoms with Gasteiger partial charge in [-0.3, -0.25) is 0 Å². The predicted octanol–water partition coefficient (Wildman–Crippen LogP) is 4.30. The molecule has 0 bridgehead atoms. The van der Waals surface area contributed by atoms with E-state index in [0.29, 0.717) is 38.8 Å². The van der Waals surface area contributed by atoms with Crippen molar-refractivity contribution in [3.8, 4) is 5.75 Å². The Hall–Kier alpha value is -2.71. The molecule has 32 heavy (non-hydrogen) atoms. The molecular weight excluding hydrogens is 426 g/mol. The van der Waals surface area contributed by atoms with Gasteiger partial charge in [-0.15, -0.1) is 0 Å². The van der Waals surface area contributed by atoms with Gasteiger partial charge >= 0.3 is 0 Å². The zero-order valence-electron chi connectivity index (χ0n) is 18.2. The number of nitrogens with one attached hydrogen (secondary N) is 1. The quantitative estimate of drug-likeness (QED) is 0.389. The molecule has 3 aromatic carbocycles. The first-order chi connectivity index (χ1) is 15.6. The van der Waals surface area contributed by atoms with Gasteiger partial charge in [-0.05, 0) is 47.9 Å². The minimum atomic E-state index is -3.66. The standard InChI is InChI=1S/C25H29NO5S/c1-2-29-16-17-31-24-12-14-25(15-13-24)32(27,28)26-18-22-10-6-7-11-23(22)20-30-19-21-8-4-3-5-9-21/h3-15,26H,2,16-20H2,1H3. The summed E-state index contributed by atoms with van der Waals surface area (Å²) in [5.41, 5.74) is 2.92. The van der Waals surface area contributed by atoms with Crippen LogP contribution in [-0.4, -0.2) is 28.2 Å². The smallest absolute Gasteiger partial charge is 0.240 e. The van der Waals surface area contributed by atoms with Crippen molar-refractivity contribution in [2.24, 2.45) is 0 Å². The van der Waals surface area contributed by atoms with Crippen LogP contribution in [0.15, 0.2) is 83.8 Å². The third-order valence-corrected chi connectivity index (χ3v) is 6.19. The topological polar surface area (TPSA) is 73.9 Å². The molecule has 0 unspecified atom stereocenters. The molecule has 0 aliphatic carbocycles. The van der Waals surface area contributed by atoms with Gasteiger partial charge in [0.1, 0.15) is 12.4 Å². The van der Waals surface area contributed by atoms with E-state index in [9.17, 15) is 8.42 Å². The Bertz CT molecular complexity index is 1050. The summed E-state index contributed by atoms with van der Waals surface area (Å²) in [5.74, 6) is 0.601. The predicted molar refractivity (Wildman–Crippen MR) is 124 cm³/mol. The Kier molecular flexibility index (Phi) is 9.25. The third kappa shape index (κ3) is 7.46. The number of sulfonamides is 1. The van der Waals surface area contributed by atoms with Crippen LogP contribution in [0, 0.1) is 0 Å². The number of ether oxygens (including phenoxy) is 3. The molecule has 0 amide bonds. The van der Waals surface area contributed by atoms with E-state index >= 15 is 0 Å². The fraction of sp³-hybridized carbons (Fsp3) is 0.280. The first-order valence-corrected chi connectivity index (χ1v) is 12.1. The van der Waals surface area contributed by atoms with Gasteiger partial charge in [0.05, 0.1) is 24.7 Å². The summed E-state index contributed by atoms with van der Waals surface area (Å²) in [6.07, 6.45) is 0. The van der Waals surface area contributed by atoms with Gasteiger partial charge in [-0.1, -0.05) is 54.6 Å². The van der Waals surface area contributed by atoms with E-state index in [1.54, 1.807) is 12.1 Å². The Morgan fingerprint density at radius 3 is 2.16 bits per heavy atom. The molecule has 3 rings (SSSR count). The first-order valence-electron chi connectivity index (χ1n) is 10.6. The lowest BCUT2D eigenvalue weighted by atomic mass is 10.1. The molecule has 170 valence electrons.